The van der Waals surface area contributed by atoms with Gasteiger partial charge < -0.3 is 5.11 Å². The molecule has 1 N–H and O–H groups in total. The number of rotatable bonds is 4. The van der Waals surface area contributed by atoms with Crippen LogP contribution in [0.3, 0.4) is 0 Å². The first kappa shape index (κ1) is 8.72. The van der Waals surface area contributed by atoms with E-state index in [2.05, 4.69) is 6.92 Å². The van der Waals surface area contributed by atoms with Crippen LogP contribution in [0.4, 0.5) is 0 Å². The first-order valence-electron chi connectivity index (χ1n) is 4.32. The molecule has 0 bridgehead atoms. The Hall–Kier alpha value is -0.370. The predicted molar refractivity (Wildman–Crippen MR) is 43.2 cm³/mol. The lowest BCUT2D eigenvalue weighted by Crippen LogP contribution is -2.19. The number of aliphatic hydroxyl groups is 1. The van der Waals surface area contributed by atoms with Gasteiger partial charge in [0.15, 0.2) is 5.78 Å². The fraction of sp³-hybridized carbons (Fsp3) is 0.889. The number of hydrogen-bond donors (Lipinski definition) is 1. The predicted octanol–water partition coefficient (Wildman–Crippen LogP) is 1.37. The van der Waals surface area contributed by atoms with Crippen molar-refractivity contribution in [2.45, 2.75) is 39.2 Å². The summed E-state index contributed by atoms with van der Waals surface area (Å²) in [6.07, 6.45) is 2.33. The van der Waals surface area contributed by atoms with Crippen molar-refractivity contribution >= 4 is 5.78 Å². The Labute approximate surface area is 67.6 Å². The molecule has 1 unspecified atom stereocenters. The highest BCUT2D eigenvalue weighted by molar-refractivity contribution is 5.82. The van der Waals surface area contributed by atoms with E-state index in [1.165, 1.54) is 12.8 Å². The summed E-state index contributed by atoms with van der Waals surface area (Å²) in [5, 5.41) is 8.92. The average molecular weight is 156 g/mol. The number of carbonyl (C=O) groups excluding carboxylic acids is 1. The Morgan fingerprint density at radius 1 is 1.55 bits per heavy atom. The van der Waals surface area contributed by atoms with Crippen LogP contribution in [0, 0.1) is 11.8 Å². The van der Waals surface area contributed by atoms with E-state index in [0.29, 0.717) is 12.3 Å². The van der Waals surface area contributed by atoms with Crippen LogP contribution in [-0.4, -0.2) is 17.0 Å². The molecule has 2 nitrogen and oxygen atoms in total. The smallest absolute Gasteiger partial charge is 0.161 e. The first-order chi connectivity index (χ1) is 5.11. The normalized spacial score (nSPS) is 22.8. The third-order valence-electron chi connectivity index (χ3n) is 2.42. The standard InChI is InChI=1S/C9H16O2/c1-6(8-3-4-8)5-9(11)7(2)10/h6-8,10H,3-5H2,1-2H3/t6?,7-/m1/s1. The molecule has 1 aliphatic carbocycles. The SMILES string of the molecule is CC(CC(=O)[C@@H](C)O)C1CC1. The minimum absolute atomic E-state index is 0.00981. The lowest BCUT2D eigenvalue weighted by Gasteiger charge is -2.09. The topological polar surface area (TPSA) is 37.3 Å². The summed E-state index contributed by atoms with van der Waals surface area (Å²) in [4.78, 5) is 11.0. The van der Waals surface area contributed by atoms with E-state index in [1.807, 2.05) is 0 Å². The largest absolute Gasteiger partial charge is 0.386 e. The maximum atomic E-state index is 11.0. The van der Waals surface area contributed by atoms with Crippen LogP contribution >= 0.6 is 0 Å². The molecule has 0 aromatic carbocycles. The molecule has 0 saturated heterocycles. The second kappa shape index (κ2) is 3.35. The van der Waals surface area contributed by atoms with E-state index in [1.54, 1.807) is 6.92 Å². The maximum Gasteiger partial charge on any atom is 0.161 e. The van der Waals surface area contributed by atoms with Crippen molar-refractivity contribution in [3.8, 4) is 0 Å². The summed E-state index contributed by atoms with van der Waals surface area (Å²) in [6, 6.07) is 0. The van der Waals surface area contributed by atoms with Crippen molar-refractivity contribution in [1.29, 1.82) is 0 Å². The zero-order valence-electron chi connectivity index (χ0n) is 7.21. The van der Waals surface area contributed by atoms with Gasteiger partial charge in [-0.15, -0.1) is 0 Å². The Kier molecular flexibility index (Phi) is 2.66. The van der Waals surface area contributed by atoms with Crippen LogP contribution in [0.1, 0.15) is 33.1 Å². The highest BCUT2D eigenvalue weighted by Gasteiger charge is 2.29. The van der Waals surface area contributed by atoms with Gasteiger partial charge in [-0.25, -0.2) is 0 Å². The molecule has 0 spiro atoms. The van der Waals surface area contributed by atoms with Crippen LogP contribution in [0.2, 0.25) is 0 Å². The van der Waals surface area contributed by atoms with Crippen LogP contribution in [0.5, 0.6) is 0 Å². The molecule has 64 valence electrons. The van der Waals surface area contributed by atoms with Crippen molar-refractivity contribution in [2.75, 3.05) is 0 Å². The minimum atomic E-state index is -0.767. The number of carbonyl (C=O) groups is 1. The zero-order chi connectivity index (χ0) is 8.43. The molecule has 0 aromatic rings. The van der Waals surface area contributed by atoms with E-state index in [0.717, 1.165) is 5.92 Å². The highest BCUT2D eigenvalue weighted by Crippen LogP contribution is 2.38. The minimum Gasteiger partial charge on any atom is -0.386 e. The van der Waals surface area contributed by atoms with Crippen LogP contribution in [-0.2, 0) is 4.79 Å². The summed E-state index contributed by atoms with van der Waals surface area (Å²) in [5.74, 6) is 1.24. The highest BCUT2D eigenvalue weighted by atomic mass is 16.3. The second-order valence-electron chi connectivity index (χ2n) is 3.66. The van der Waals surface area contributed by atoms with Crippen molar-refractivity contribution in [3.63, 3.8) is 0 Å². The maximum absolute atomic E-state index is 11.0. The van der Waals surface area contributed by atoms with Crippen LogP contribution < -0.4 is 0 Å². The third-order valence-corrected chi connectivity index (χ3v) is 2.42. The third kappa shape index (κ3) is 2.62. The summed E-state index contributed by atoms with van der Waals surface area (Å²) in [6.45, 7) is 3.64. The van der Waals surface area contributed by atoms with Gasteiger partial charge in [0.2, 0.25) is 0 Å². The van der Waals surface area contributed by atoms with Crippen molar-refractivity contribution in [1.82, 2.24) is 0 Å². The van der Waals surface area contributed by atoms with Crippen molar-refractivity contribution < 1.29 is 9.90 Å². The fourth-order valence-corrected chi connectivity index (χ4v) is 1.32. The molecule has 0 amide bonds. The quantitative estimate of drug-likeness (QED) is 0.667. The lowest BCUT2D eigenvalue weighted by atomic mass is 9.98. The second-order valence-corrected chi connectivity index (χ2v) is 3.66. The fourth-order valence-electron chi connectivity index (χ4n) is 1.32. The van der Waals surface area contributed by atoms with Crippen LogP contribution in [0.15, 0.2) is 0 Å². The monoisotopic (exact) mass is 156 g/mol. The molecular formula is C9H16O2. The molecular weight excluding hydrogens is 140 g/mol. The summed E-state index contributed by atoms with van der Waals surface area (Å²) in [5.41, 5.74) is 0. The number of ketones is 1. The van der Waals surface area contributed by atoms with Crippen LogP contribution in [0.25, 0.3) is 0 Å². The van der Waals surface area contributed by atoms with E-state index in [4.69, 9.17) is 5.11 Å². The van der Waals surface area contributed by atoms with Gasteiger partial charge >= 0.3 is 0 Å². The van der Waals surface area contributed by atoms with Crippen molar-refractivity contribution in [3.05, 3.63) is 0 Å². The van der Waals surface area contributed by atoms with E-state index in [-0.39, 0.29) is 5.78 Å². The Morgan fingerprint density at radius 2 is 2.09 bits per heavy atom. The summed E-state index contributed by atoms with van der Waals surface area (Å²) >= 11 is 0. The Bertz CT molecular complexity index is 148. The van der Waals surface area contributed by atoms with Gasteiger partial charge in [-0.3, -0.25) is 4.79 Å². The van der Waals surface area contributed by atoms with Gasteiger partial charge in [-0.2, -0.15) is 0 Å². The molecule has 2 atom stereocenters. The number of aliphatic hydroxyl groups excluding tert-OH is 1. The Morgan fingerprint density at radius 3 is 2.45 bits per heavy atom. The summed E-state index contributed by atoms with van der Waals surface area (Å²) in [7, 11) is 0. The van der Waals surface area contributed by atoms with Gasteiger partial charge in [0.05, 0.1) is 0 Å². The van der Waals surface area contributed by atoms with Gasteiger partial charge in [-0.1, -0.05) is 6.92 Å². The van der Waals surface area contributed by atoms with E-state index in [9.17, 15) is 4.79 Å². The van der Waals surface area contributed by atoms with Gasteiger partial charge in [0.1, 0.15) is 6.10 Å². The lowest BCUT2D eigenvalue weighted by molar-refractivity contribution is -0.127. The van der Waals surface area contributed by atoms with Crippen molar-refractivity contribution in [2.24, 2.45) is 11.8 Å². The van der Waals surface area contributed by atoms with Gasteiger partial charge in [0.25, 0.3) is 0 Å². The number of hydrogen-bond acceptors (Lipinski definition) is 2. The molecule has 0 aromatic heterocycles. The molecule has 0 radical (unpaired) electrons. The van der Waals surface area contributed by atoms with Gasteiger partial charge in [-0.05, 0) is 31.6 Å². The molecule has 2 heteroatoms. The number of Topliss-reactive ketones (excluding diaryl/α,β-unsaturated/α-hetero) is 1. The molecule has 11 heavy (non-hydrogen) atoms. The molecule has 1 fully saturated rings. The zero-order valence-corrected chi connectivity index (χ0v) is 7.21. The first-order valence-corrected chi connectivity index (χ1v) is 4.32. The van der Waals surface area contributed by atoms with Gasteiger partial charge in [0, 0.05) is 6.42 Å². The molecule has 1 saturated carbocycles. The molecule has 1 aliphatic rings. The molecule has 1 rings (SSSR count). The summed E-state index contributed by atoms with van der Waals surface area (Å²) < 4.78 is 0. The Balaban J connectivity index is 2.23. The van der Waals surface area contributed by atoms with E-state index >= 15 is 0 Å². The average Bonchev–Trinajstić information content (AvgIpc) is 2.67. The molecule has 0 aliphatic heterocycles. The molecule has 0 heterocycles. The van der Waals surface area contributed by atoms with E-state index < -0.39 is 6.10 Å².